The van der Waals surface area contributed by atoms with E-state index in [4.69, 9.17) is 5.84 Å². The van der Waals surface area contributed by atoms with Gasteiger partial charge in [-0.25, -0.2) is 10.8 Å². The van der Waals surface area contributed by atoms with E-state index in [9.17, 15) is 0 Å². The lowest BCUT2D eigenvalue weighted by Crippen LogP contribution is -2.27. The number of nitrogens with two attached hydrogens (primary N) is 1. The van der Waals surface area contributed by atoms with Crippen LogP contribution in [0.3, 0.4) is 0 Å². The molecule has 0 aliphatic rings. The van der Waals surface area contributed by atoms with Crippen molar-refractivity contribution in [2.75, 3.05) is 23.5 Å². The van der Waals surface area contributed by atoms with Crippen molar-refractivity contribution in [1.29, 1.82) is 0 Å². The van der Waals surface area contributed by atoms with E-state index in [1.807, 2.05) is 0 Å². The predicted molar refractivity (Wildman–Crippen MR) is 78.6 cm³/mol. The third kappa shape index (κ3) is 3.54. The molecule has 108 valence electrons. The van der Waals surface area contributed by atoms with Crippen LogP contribution in [-0.2, 0) is 0 Å². The van der Waals surface area contributed by atoms with Gasteiger partial charge in [0.2, 0.25) is 11.9 Å². The van der Waals surface area contributed by atoms with Crippen molar-refractivity contribution in [3.8, 4) is 5.95 Å². The summed E-state index contributed by atoms with van der Waals surface area (Å²) in [7, 11) is 0. The molecule has 20 heavy (non-hydrogen) atoms. The van der Waals surface area contributed by atoms with Gasteiger partial charge in [-0.3, -0.25) is 5.43 Å². The number of hydrogen-bond acceptors (Lipinski definition) is 9. The first kappa shape index (κ1) is 14.5. The van der Waals surface area contributed by atoms with Crippen molar-refractivity contribution in [2.24, 2.45) is 5.84 Å². The van der Waals surface area contributed by atoms with Crippen molar-refractivity contribution >= 4 is 23.7 Å². The van der Waals surface area contributed by atoms with E-state index < -0.39 is 0 Å². The van der Waals surface area contributed by atoms with Gasteiger partial charge in [0, 0.05) is 11.3 Å². The number of aromatic nitrogens is 6. The van der Waals surface area contributed by atoms with Crippen LogP contribution < -0.4 is 16.6 Å². The molecule has 9 nitrogen and oxygen atoms in total. The molecule has 0 aromatic carbocycles. The standard InChI is InChI=1S/C10H17N9S/c1-10(2,20-3)4-13-7-15-8(18-11)17-9(16-7)19-6-12-5-14-19/h5-6H,4,11H2,1-3H3,(H2,13,15,16,17,18). The van der Waals surface area contributed by atoms with Gasteiger partial charge in [-0.2, -0.15) is 36.5 Å². The van der Waals surface area contributed by atoms with Gasteiger partial charge in [-0.1, -0.05) is 0 Å². The van der Waals surface area contributed by atoms with Crippen molar-refractivity contribution in [1.82, 2.24) is 29.7 Å². The third-order valence-corrected chi connectivity index (χ3v) is 3.85. The Labute approximate surface area is 120 Å². The Morgan fingerprint density at radius 1 is 1.30 bits per heavy atom. The maximum absolute atomic E-state index is 5.37. The number of thioether (sulfide) groups is 1. The lowest BCUT2D eigenvalue weighted by Gasteiger charge is -2.22. The fourth-order valence-electron chi connectivity index (χ4n) is 1.29. The van der Waals surface area contributed by atoms with Crippen molar-refractivity contribution < 1.29 is 0 Å². The minimum Gasteiger partial charge on any atom is -0.353 e. The topological polar surface area (TPSA) is 119 Å². The van der Waals surface area contributed by atoms with Crippen molar-refractivity contribution in [2.45, 2.75) is 18.6 Å². The summed E-state index contributed by atoms with van der Waals surface area (Å²) in [5.41, 5.74) is 2.41. The minimum atomic E-state index is 0.0658. The van der Waals surface area contributed by atoms with E-state index in [0.29, 0.717) is 18.4 Å². The highest BCUT2D eigenvalue weighted by molar-refractivity contribution is 7.99. The van der Waals surface area contributed by atoms with Crippen LogP contribution in [0.15, 0.2) is 12.7 Å². The van der Waals surface area contributed by atoms with Crippen molar-refractivity contribution in [3.05, 3.63) is 12.7 Å². The van der Waals surface area contributed by atoms with Gasteiger partial charge in [-0.05, 0) is 20.1 Å². The zero-order valence-electron chi connectivity index (χ0n) is 11.5. The zero-order valence-corrected chi connectivity index (χ0v) is 12.3. The Hall–Kier alpha value is -1.94. The number of hydrogen-bond donors (Lipinski definition) is 3. The summed E-state index contributed by atoms with van der Waals surface area (Å²) >= 11 is 1.76. The number of nitrogen functional groups attached to an aromatic ring is 1. The van der Waals surface area contributed by atoms with Gasteiger partial charge in [0.25, 0.3) is 5.95 Å². The summed E-state index contributed by atoms with van der Waals surface area (Å²) in [4.78, 5) is 16.4. The molecule has 2 aromatic heterocycles. The molecular formula is C10H17N9S. The lowest BCUT2D eigenvalue weighted by molar-refractivity contribution is 0.739. The predicted octanol–water partition coefficient (Wildman–Crippen LogP) is 0.291. The molecule has 2 heterocycles. The second kappa shape index (κ2) is 6.01. The average Bonchev–Trinajstić information content (AvgIpc) is 2.99. The zero-order chi connectivity index (χ0) is 14.6. The normalized spacial score (nSPS) is 11.4. The summed E-state index contributed by atoms with van der Waals surface area (Å²) in [5.74, 6) is 6.40. The molecule has 0 aliphatic heterocycles. The summed E-state index contributed by atoms with van der Waals surface area (Å²) in [6, 6.07) is 0. The van der Waals surface area contributed by atoms with E-state index >= 15 is 0 Å². The second-order valence-corrected chi connectivity index (χ2v) is 6.10. The highest BCUT2D eigenvalue weighted by Crippen LogP contribution is 2.21. The van der Waals surface area contributed by atoms with Crippen LogP contribution in [0.5, 0.6) is 0 Å². The number of hydrazine groups is 1. The van der Waals surface area contributed by atoms with Gasteiger partial charge in [0.15, 0.2) is 0 Å². The molecule has 0 saturated carbocycles. The second-order valence-electron chi connectivity index (χ2n) is 4.58. The molecule has 0 radical (unpaired) electrons. The fourth-order valence-corrected chi connectivity index (χ4v) is 1.50. The van der Waals surface area contributed by atoms with E-state index in [1.54, 1.807) is 11.8 Å². The van der Waals surface area contributed by atoms with Gasteiger partial charge in [-0.15, -0.1) is 0 Å². The Bertz CT molecular complexity index is 554. The smallest absolute Gasteiger partial charge is 0.258 e. The highest BCUT2D eigenvalue weighted by Gasteiger charge is 2.17. The SMILES string of the molecule is CSC(C)(C)CNc1nc(NN)nc(-n2cncn2)n1. The molecule has 10 heteroatoms. The Kier molecular flexibility index (Phi) is 4.35. The number of anilines is 2. The first-order valence-electron chi connectivity index (χ1n) is 5.91. The van der Waals surface area contributed by atoms with E-state index in [1.165, 1.54) is 17.3 Å². The van der Waals surface area contributed by atoms with Crippen LogP contribution in [0.25, 0.3) is 5.95 Å². The first-order valence-corrected chi connectivity index (χ1v) is 7.13. The molecule has 4 N–H and O–H groups in total. The molecule has 0 spiro atoms. The summed E-state index contributed by atoms with van der Waals surface area (Å²) in [5, 5.41) is 7.15. The summed E-state index contributed by atoms with van der Waals surface area (Å²) in [6.45, 7) is 4.97. The molecule has 2 aromatic rings. The molecule has 0 bridgehead atoms. The van der Waals surface area contributed by atoms with Crippen LogP contribution in [0.1, 0.15) is 13.8 Å². The van der Waals surface area contributed by atoms with Crippen LogP contribution in [0.4, 0.5) is 11.9 Å². The monoisotopic (exact) mass is 295 g/mol. The van der Waals surface area contributed by atoms with E-state index in [2.05, 4.69) is 55.9 Å². The van der Waals surface area contributed by atoms with Crippen LogP contribution in [0, 0.1) is 0 Å². The molecule has 2 rings (SSSR count). The number of rotatable bonds is 6. The van der Waals surface area contributed by atoms with Gasteiger partial charge in [0.05, 0.1) is 0 Å². The summed E-state index contributed by atoms with van der Waals surface area (Å²) < 4.78 is 1.50. The van der Waals surface area contributed by atoms with Gasteiger partial charge < -0.3 is 5.32 Å². The molecular weight excluding hydrogens is 278 g/mol. The van der Waals surface area contributed by atoms with E-state index in [0.717, 1.165) is 0 Å². The van der Waals surface area contributed by atoms with Crippen molar-refractivity contribution in [3.63, 3.8) is 0 Å². The Morgan fingerprint density at radius 3 is 2.65 bits per heavy atom. The van der Waals surface area contributed by atoms with Gasteiger partial charge in [0.1, 0.15) is 12.7 Å². The highest BCUT2D eigenvalue weighted by atomic mass is 32.2. The number of nitrogens with zero attached hydrogens (tertiary/aromatic N) is 6. The number of nitrogens with one attached hydrogen (secondary N) is 2. The lowest BCUT2D eigenvalue weighted by atomic mass is 10.2. The molecule has 0 aliphatic carbocycles. The average molecular weight is 295 g/mol. The Balaban J connectivity index is 2.23. The van der Waals surface area contributed by atoms with Crippen LogP contribution >= 0.6 is 11.8 Å². The minimum absolute atomic E-state index is 0.0658. The molecule has 0 atom stereocenters. The molecule has 0 unspecified atom stereocenters. The summed E-state index contributed by atoms with van der Waals surface area (Å²) in [6.07, 6.45) is 4.97. The largest absolute Gasteiger partial charge is 0.353 e. The van der Waals surface area contributed by atoms with Crippen LogP contribution in [0.2, 0.25) is 0 Å². The maximum atomic E-state index is 5.37. The molecule has 0 fully saturated rings. The first-order chi connectivity index (χ1) is 9.54. The van der Waals surface area contributed by atoms with E-state index in [-0.39, 0.29) is 10.7 Å². The van der Waals surface area contributed by atoms with Gasteiger partial charge >= 0.3 is 0 Å². The Morgan fingerprint density at radius 2 is 2.05 bits per heavy atom. The fraction of sp³-hybridized carbons (Fsp3) is 0.500. The maximum Gasteiger partial charge on any atom is 0.258 e. The third-order valence-electron chi connectivity index (χ3n) is 2.60. The quantitative estimate of drug-likeness (QED) is 0.510. The van der Waals surface area contributed by atoms with Crippen LogP contribution in [-0.4, -0.2) is 47.3 Å². The molecule has 0 saturated heterocycles. The molecule has 0 amide bonds.